The third kappa shape index (κ3) is 4.54. The van der Waals surface area contributed by atoms with Crippen LogP contribution in [0.3, 0.4) is 0 Å². The van der Waals surface area contributed by atoms with Crippen LogP contribution in [-0.4, -0.2) is 32.3 Å². The molecule has 1 N–H and O–H groups in total. The number of hydrogen-bond acceptors (Lipinski definition) is 3. The molecular formula is C26H33NO3. The molecule has 0 unspecified atom stereocenters. The van der Waals surface area contributed by atoms with E-state index in [-0.39, 0.29) is 5.91 Å². The first-order valence-electron chi connectivity index (χ1n) is 11.3. The molecule has 2 aromatic carbocycles. The average molecular weight is 408 g/mol. The van der Waals surface area contributed by atoms with Gasteiger partial charge in [0.05, 0.1) is 12.5 Å². The zero-order valence-electron chi connectivity index (χ0n) is 18.0. The lowest BCUT2D eigenvalue weighted by Gasteiger charge is -2.38. The highest BCUT2D eigenvalue weighted by Crippen LogP contribution is 2.40. The lowest BCUT2D eigenvalue weighted by Crippen LogP contribution is -2.49. The molecule has 2 aromatic rings. The van der Waals surface area contributed by atoms with Crippen LogP contribution in [0.4, 0.5) is 0 Å². The van der Waals surface area contributed by atoms with E-state index in [0.29, 0.717) is 19.3 Å². The summed E-state index contributed by atoms with van der Waals surface area (Å²) in [6.07, 6.45) is 8.21. The minimum Gasteiger partial charge on any atom is -0.496 e. The predicted octanol–water partition coefficient (Wildman–Crippen LogP) is 5.15. The molecule has 2 fully saturated rings. The second-order valence-electron chi connectivity index (χ2n) is 8.74. The van der Waals surface area contributed by atoms with Crippen molar-refractivity contribution in [2.24, 2.45) is 5.41 Å². The zero-order chi connectivity index (χ0) is 20.8. The molecule has 1 aliphatic heterocycles. The molecule has 0 bridgehead atoms. The van der Waals surface area contributed by atoms with Gasteiger partial charge in [0.25, 0.3) is 0 Å². The molecule has 30 heavy (non-hydrogen) atoms. The smallest absolute Gasteiger partial charge is 0.226 e. The van der Waals surface area contributed by atoms with Gasteiger partial charge >= 0.3 is 0 Å². The summed E-state index contributed by atoms with van der Waals surface area (Å²) in [6.45, 7) is 1.30. The average Bonchev–Trinajstić information content (AvgIpc) is 2.81. The molecular weight excluding hydrogens is 374 g/mol. The summed E-state index contributed by atoms with van der Waals surface area (Å²) < 4.78 is 11.3. The van der Waals surface area contributed by atoms with E-state index in [9.17, 15) is 4.79 Å². The Hall–Kier alpha value is -2.33. The van der Waals surface area contributed by atoms with E-state index in [2.05, 4.69) is 35.6 Å². The number of ether oxygens (including phenoxy) is 2. The molecule has 0 spiro atoms. The van der Waals surface area contributed by atoms with Crippen LogP contribution in [0.1, 0.15) is 50.5 Å². The Bertz CT molecular complexity index is 851. The number of hydrogen-bond donors (Lipinski definition) is 1. The lowest BCUT2D eigenvalue weighted by molar-refractivity contribution is -0.137. The van der Waals surface area contributed by atoms with Crippen molar-refractivity contribution in [3.05, 3.63) is 54.1 Å². The quantitative estimate of drug-likeness (QED) is 0.720. The molecule has 1 heterocycles. The fourth-order valence-electron chi connectivity index (χ4n) is 5.00. The van der Waals surface area contributed by atoms with E-state index in [0.717, 1.165) is 49.0 Å². The molecule has 4 nitrogen and oxygen atoms in total. The number of carbonyl (C=O) groups excluding carboxylic acids is 1. The van der Waals surface area contributed by atoms with Crippen LogP contribution in [0.2, 0.25) is 0 Å². The molecule has 0 radical (unpaired) electrons. The standard InChI is InChI=1S/C26H33NO3/c1-29-24-14-8-7-13-23(24)22-12-6-5-9-20(22)19-26(15-17-30-18-16-26)25(28)27-21-10-3-2-4-11-21/h5-9,12-14,21H,2-4,10-11,15-19H2,1H3,(H,27,28). The molecule has 4 rings (SSSR count). The lowest BCUT2D eigenvalue weighted by atomic mass is 9.73. The van der Waals surface area contributed by atoms with Crippen molar-refractivity contribution < 1.29 is 14.3 Å². The Morgan fingerprint density at radius 3 is 2.40 bits per heavy atom. The van der Waals surface area contributed by atoms with Crippen LogP contribution in [0.5, 0.6) is 5.75 Å². The number of rotatable bonds is 6. The first-order chi connectivity index (χ1) is 14.7. The molecule has 1 saturated carbocycles. The SMILES string of the molecule is COc1ccccc1-c1ccccc1CC1(C(=O)NC2CCCCC2)CCOCC1. The van der Waals surface area contributed by atoms with Gasteiger partial charge in [-0.15, -0.1) is 0 Å². The highest BCUT2D eigenvalue weighted by atomic mass is 16.5. The molecule has 1 aliphatic carbocycles. The van der Waals surface area contributed by atoms with Crippen LogP contribution >= 0.6 is 0 Å². The zero-order valence-corrected chi connectivity index (χ0v) is 18.0. The van der Waals surface area contributed by atoms with Crippen molar-refractivity contribution in [2.45, 2.75) is 57.4 Å². The van der Waals surface area contributed by atoms with Gasteiger partial charge in [-0.1, -0.05) is 61.7 Å². The van der Waals surface area contributed by atoms with E-state index in [1.165, 1.54) is 24.8 Å². The van der Waals surface area contributed by atoms with Gasteiger partial charge in [-0.2, -0.15) is 0 Å². The Kier molecular flexibility index (Phi) is 6.73. The molecule has 4 heteroatoms. The third-order valence-electron chi connectivity index (χ3n) is 6.82. The molecule has 1 saturated heterocycles. The minimum atomic E-state index is -0.409. The maximum atomic E-state index is 13.6. The van der Waals surface area contributed by atoms with Gasteiger partial charge in [0.2, 0.25) is 5.91 Å². The number of benzene rings is 2. The highest BCUT2D eigenvalue weighted by molar-refractivity contribution is 5.84. The van der Waals surface area contributed by atoms with Crippen LogP contribution in [0.15, 0.2) is 48.5 Å². The van der Waals surface area contributed by atoms with E-state index in [4.69, 9.17) is 9.47 Å². The monoisotopic (exact) mass is 407 g/mol. The predicted molar refractivity (Wildman–Crippen MR) is 120 cm³/mol. The Morgan fingerprint density at radius 1 is 1.00 bits per heavy atom. The van der Waals surface area contributed by atoms with Gasteiger partial charge in [-0.25, -0.2) is 0 Å². The maximum absolute atomic E-state index is 13.6. The van der Waals surface area contributed by atoms with Gasteiger partial charge in [0.1, 0.15) is 5.75 Å². The second-order valence-corrected chi connectivity index (χ2v) is 8.74. The molecule has 160 valence electrons. The molecule has 0 atom stereocenters. The summed E-state index contributed by atoms with van der Waals surface area (Å²) in [5.41, 5.74) is 3.01. The molecule has 1 amide bonds. The van der Waals surface area contributed by atoms with Crippen molar-refractivity contribution in [2.75, 3.05) is 20.3 Å². The fraction of sp³-hybridized carbons (Fsp3) is 0.500. The second kappa shape index (κ2) is 9.65. The third-order valence-corrected chi connectivity index (χ3v) is 6.82. The highest BCUT2D eigenvalue weighted by Gasteiger charge is 2.41. The number of carbonyl (C=O) groups is 1. The molecule has 2 aliphatic rings. The minimum absolute atomic E-state index is 0.215. The van der Waals surface area contributed by atoms with Gasteiger partial charge in [0, 0.05) is 24.8 Å². The van der Waals surface area contributed by atoms with Crippen molar-refractivity contribution in [3.8, 4) is 16.9 Å². The van der Waals surface area contributed by atoms with Gasteiger partial charge in [0.15, 0.2) is 0 Å². The topological polar surface area (TPSA) is 47.6 Å². The first-order valence-corrected chi connectivity index (χ1v) is 11.3. The largest absolute Gasteiger partial charge is 0.496 e. The van der Waals surface area contributed by atoms with E-state index < -0.39 is 5.41 Å². The van der Waals surface area contributed by atoms with Crippen LogP contribution < -0.4 is 10.1 Å². The summed E-state index contributed by atoms with van der Waals surface area (Å²) in [7, 11) is 1.71. The Labute approximate surface area is 180 Å². The summed E-state index contributed by atoms with van der Waals surface area (Å²) in [4.78, 5) is 13.6. The summed E-state index contributed by atoms with van der Waals surface area (Å²) in [5, 5.41) is 3.41. The van der Waals surface area contributed by atoms with E-state index in [1.54, 1.807) is 7.11 Å². The van der Waals surface area contributed by atoms with Crippen LogP contribution in [0.25, 0.3) is 11.1 Å². The normalized spacial score (nSPS) is 19.2. The number of para-hydroxylation sites is 1. The van der Waals surface area contributed by atoms with E-state index >= 15 is 0 Å². The van der Waals surface area contributed by atoms with Gasteiger partial charge < -0.3 is 14.8 Å². The Balaban J connectivity index is 1.63. The number of methoxy groups -OCH3 is 1. The summed E-state index contributed by atoms with van der Waals surface area (Å²) in [6, 6.07) is 16.9. The fourth-order valence-corrected chi connectivity index (χ4v) is 5.00. The van der Waals surface area contributed by atoms with E-state index in [1.807, 2.05) is 18.2 Å². The maximum Gasteiger partial charge on any atom is 0.226 e. The van der Waals surface area contributed by atoms with Gasteiger partial charge in [-0.05, 0) is 49.3 Å². The number of nitrogens with one attached hydrogen (secondary N) is 1. The van der Waals surface area contributed by atoms with Crippen molar-refractivity contribution in [1.29, 1.82) is 0 Å². The van der Waals surface area contributed by atoms with Crippen molar-refractivity contribution in [3.63, 3.8) is 0 Å². The first kappa shape index (κ1) is 20.9. The molecule has 0 aromatic heterocycles. The van der Waals surface area contributed by atoms with Gasteiger partial charge in [-0.3, -0.25) is 4.79 Å². The van der Waals surface area contributed by atoms with Crippen LogP contribution in [0, 0.1) is 5.41 Å². The summed E-state index contributed by atoms with van der Waals surface area (Å²) in [5.74, 6) is 1.07. The Morgan fingerprint density at radius 2 is 1.67 bits per heavy atom. The van der Waals surface area contributed by atoms with Crippen molar-refractivity contribution >= 4 is 5.91 Å². The van der Waals surface area contributed by atoms with Crippen LogP contribution in [-0.2, 0) is 16.0 Å². The summed E-state index contributed by atoms with van der Waals surface area (Å²) >= 11 is 0. The van der Waals surface area contributed by atoms with Crippen molar-refractivity contribution in [1.82, 2.24) is 5.32 Å². The number of amides is 1.